The third kappa shape index (κ3) is 1.60. The number of benzene rings is 1. The van der Waals surface area contributed by atoms with E-state index in [1.165, 1.54) is 45.1 Å². The Hall–Kier alpha value is -1.02. The molecular weight excluding hydrogens is 246 g/mol. The Morgan fingerprint density at radius 3 is 3.00 bits per heavy atom. The fraction of sp³-hybridized carbons (Fsp3) is 0.667. The molecule has 2 fully saturated rings. The van der Waals surface area contributed by atoms with Crippen molar-refractivity contribution in [3.8, 4) is 5.75 Å². The van der Waals surface area contributed by atoms with Gasteiger partial charge in [0.05, 0.1) is 7.11 Å². The maximum absolute atomic E-state index is 5.51. The van der Waals surface area contributed by atoms with Crippen LogP contribution in [-0.2, 0) is 11.8 Å². The van der Waals surface area contributed by atoms with Crippen LogP contribution in [0.1, 0.15) is 43.2 Å². The molecule has 20 heavy (non-hydrogen) atoms. The highest BCUT2D eigenvalue weighted by atomic mass is 16.5. The van der Waals surface area contributed by atoms with E-state index in [-0.39, 0.29) is 0 Å². The van der Waals surface area contributed by atoms with Crippen molar-refractivity contribution in [2.24, 2.45) is 5.92 Å². The second-order valence-corrected chi connectivity index (χ2v) is 7.03. The van der Waals surface area contributed by atoms with Gasteiger partial charge >= 0.3 is 0 Å². The number of hydrogen-bond donors (Lipinski definition) is 0. The van der Waals surface area contributed by atoms with Crippen LogP contribution in [0.5, 0.6) is 5.75 Å². The minimum absolute atomic E-state index is 0.456. The monoisotopic (exact) mass is 271 g/mol. The van der Waals surface area contributed by atoms with E-state index in [9.17, 15) is 0 Å². The summed E-state index contributed by atoms with van der Waals surface area (Å²) in [4.78, 5) is 2.63. The van der Waals surface area contributed by atoms with E-state index in [2.05, 4.69) is 30.1 Å². The second-order valence-electron chi connectivity index (χ2n) is 7.03. The van der Waals surface area contributed by atoms with E-state index in [0.29, 0.717) is 5.41 Å². The Kier molecular flexibility index (Phi) is 2.85. The third-order valence-corrected chi connectivity index (χ3v) is 6.32. The van der Waals surface area contributed by atoms with Gasteiger partial charge in [-0.25, -0.2) is 0 Å². The SMILES string of the molecule is COc1ccc2c(c1)[C@]13CCCCC1C(C2)N(C)CC3. The zero-order valence-corrected chi connectivity index (χ0v) is 12.7. The van der Waals surface area contributed by atoms with Crippen molar-refractivity contribution in [3.05, 3.63) is 29.3 Å². The Morgan fingerprint density at radius 1 is 1.25 bits per heavy atom. The lowest BCUT2D eigenvalue weighted by atomic mass is 9.52. The number of rotatable bonds is 1. The van der Waals surface area contributed by atoms with Crippen LogP contribution in [0.25, 0.3) is 0 Å². The number of fused-ring (bicyclic) bond motifs is 1. The normalized spacial score (nSPS) is 36.1. The maximum atomic E-state index is 5.51. The Morgan fingerprint density at radius 2 is 2.15 bits per heavy atom. The Bertz CT molecular complexity index is 526. The molecule has 108 valence electrons. The molecule has 0 radical (unpaired) electrons. The van der Waals surface area contributed by atoms with Crippen LogP contribution in [0.2, 0.25) is 0 Å². The average Bonchev–Trinajstić information content (AvgIpc) is 2.50. The maximum Gasteiger partial charge on any atom is 0.119 e. The van der Waals surface area contributed by atoms with Gasteiger partial charge in [-0.2, -0.15) is 0 Å². The molecule has 1 aromatic carbocycles. The Labute approximate surface area is 122 Å². The van der Waals surface area contributed by atoms with Crippen molar-refractivity contribution >= 4 is 0 Å². The summed E-state index contributed by atoms with van der Waals surface area (Å²) in [6, 6.07) is 7.60. The molecule has 1 heterocycles. The van der Waals surface area contributed by atoms with E-state index < -0.39 is 0 Å². The summed E-state index contributed by atoms with van der Waals surface area (Å²) < 4.78 is 5.51. The first kappa shape index (κ1) is 12.7. The average molecular weight is 271 g/mol. The van der Waals surface area contributed by atoms with Gasteiger partial charge in [-0.15, -0.1) is 0 Å². The van der Waals surface area contributed by atoms with Crippen molar-refractivity contribution in [1.82, 2.24) is 4.90 Å². The summed E-state index contributed by atoms with van der Waals surface area (Å²) in [5.41, 5.74) is 3.67. The third-order valence-electron chi connectivity index (χ3n) is 6.32. The first-order chi connectivity index (χ1) is 9.74. The summed E-state index contributed by atoms with van der Waals surface area (Å²) in [6.07, 6.45) is 8.22. The van der Waals surface area contributed by atoms with Gasteiger partial charge in [0, 0.05) is 11.5 Å². The molecule has 2 bridgehead atoms. The highest BCUT2D eigenvalue weighted by Gasteiger charge is 2.53. The number of likely N-dealkylation sites (N-methyl/N-ethyl adjacent to an activating group) is 1. The van der Waals surface area contributed by atoms with Gasteiger partial charge in [0.2, 0.25) is 0 Å². The first-order valence-corrected chi connectivity index (χ1v) is 8.12. The zero-order chi connectivity index (χ0) is 13.7. The number of methoxy groups -OCH3 is 1. The number of hydrogen-bond acceptors (Lipinski definition) is 2. The molecule has 0 spiro atoms. The topological polar surface area (TPSA) is 12.5 Å². The predicted molar refractivity (Wildman–Crippen MR) is 81.4 cm³/mol. The minimum Gasteiger partial charge on any atom is -0.497 e. The van der Waals surface area contributed by atoms with E-state index in [1.54, 1.807) is 18.2 Å². The fourth-order valence-corrected chi connectivity index (χ4v) is 5.30. The van der Waals surface area contributed by atoms with Crippen LogP contribution < -0.4 is 4.74 Å². The van der Waals surface area contributed by atoms with Gasteiger partial charge in [0.15, 0.2) is 0 Å². The lowest BCUT2D eigenvalue weighted by molar-refractivity contribution is 0.00274. The quantitative estimate of drug-likeness (QED) is 0.776. The van der Waals surface area contributed by atoms with E-state index >= 15 is 0 Å². The lowest BCUT2D eigenvalue weighted by Gasteiger charge is -2.58. The van der Waals surface area contributed by atoms with Crippen LogP contribution in [0.3, 0.4) is 0 Å². The molecule has 0 N–H and O–H groups in total. The smallest absolute Gasteiger partial charge is 0.119 e. The highest BCUT2D eigenvalue weighted by molar-refractivity contribution is 5.45. The van der Waals surface area contributed by atoms with Crippen LogP contribution in [0.4, 0.5) is 0 Å². The molecule has 2 heteroatoms. The zero-order valence-electron chi connectivity index (χ0n) is 12.7. The van der Waals surface area contributed by atoms with Crippen LogP contribution in [0, 0.1) is 5.92 Å². The molecule has 3 aliphatic rings. The molecule has 3 atom stereocenters. The summed E-state index contributed by atoms with van der Waals surface area (Å²) in [5, 5.41) is 0. The largest absolute Gasteiger partial charge is 0.497 e. The van der Waals surface area contributed by atoms with Crippen LogP contribution >= 0.6 is 0 Å². The summed E-state index contributed by atoms with van der Waals surface area (Å²) in [7, 11) is 4.12. The summed E-state index contributed by atoms with van der Waals surface area (Å²) >= 11 is 0. The molecule has 1 saturated carbocycles. The van der Waals surface area contributed by atoms with Crippen LogP contribution in [0.15, 0.2) is 18.2 Å². The van der Waals surface area contributed by atoms with Crippen molar-refractivity contribution < 1.29 is 4.74 Å². The van der Waals surface area contributed by atoms with Gasteiger partial charge in [0.1, 0.15) is 5.75 Å². The van der Waals surface area contributed by atoms with E-state index in [4.69, 9.17) is 4.74 Å². The van der Waals surface area contributed by atoms with Gasteiger partial charge < -0.3 is 9.64 Å². The Balaban J connectivity index is 1.88. The molecular formula is C18H25NO. The van der Waals surface area contributed by atoms with E-state index in [1.807, 2.05) is 0 Å². The van der Waals surface area contributed by atoms with Gasteiger partial charge in [-0.1, -0.05) is 18.9 Å². The molecule has 0 aromatic heterocycles. The number of ether oxygens (including phenoxy) is 1. The first-order valence-electron chi connectivity index (χ1n) is 8.12. The molecule has 1 saturated heterocycles. The van der Waals surface area contributed by atoms with Crippen molar-refractivity contribution in [2.45, 2.75) is 50.0 Å². The molecule has 4 rings (SSSR count). The highest BCUT2D eigenvalue weighted by Crippen LogP contribution is 2.55. The summed E-state index contributed by atoms with van der Waals surface area (Å²) in [6.45, 7) is 1.26. The standard InChI is InChI=1S/C18H25NO/c1-19-10-9-18-8-4-3-5-15(18)17(19)11-13-6-7-14(20-2)12-16(13)18/h6-7,12,15,17H,3-5,8-11H2,1-2H3/t15?,17?,18-/m0/s1. The molecule has 2 aliphatic carbocycles. The van der Waals surface area contributed by atoms with Crippen molar-refractivity contribution in [2.75, 3.05) is 20.7 Å². The summed E-state index contributed by atoms with van der Waals surface area (Å²) in [5.74, 6) is 1.91. The van der Waals surface area contributed by atoms with E-state index in [0.717, 1.165) is 17.7 Å². The molecule has 1 aromatic rings. The molecule has 0 amide bonds. The van der Waals surface area contributed by atoms with Crippen molar-refractivity contribution in [1.29, 1.82) is 0 Å². The number of nitrogens with zero attached hydrogens (tertiary/aromatic N) is 1. The molecule has 1 aliphatic heterocycles. The van der Waals surface area contributed by atoms with Gasteiger partial charge in [-0.3, -0.25) is 0 Å². The predicted octanol–water partition coefficient (Wildman–Crippen LogP) is 3.38. The van der Waals surface area contributed by atoms with Gasteiger partial charge in [-0.05, 0) is 68.5 Å². The molecule has 2 unspecified atom stereocenters. The lowest BCUT2D eigenvalue weighted by Crippen LogP contribution is -2.59. The van der Waals surface area contributed by atoms with Crippen molar-refractivity contribution in [3.63, 3.8) is 0 Å². The number of likely N-dealkylation sites (tertiary alicyclic amines) is 1. The molecule has 2 nitrogen and oxygen atoms in total. The fourth-order valence-electron chi connectivity index (χ4n) is 5.30. The number of piperidine rings is 1. The van der Waals surface area contributed by atoms with Gasteiger partial charge in [0.25, 0.3) is 0 Å². The minimum atomic E-state index is 0.456. The van der Waals surface area contributed by atoms with Crippen LogP contribution in [-0.4, -0.2) is 31.6 Å². The second kappa shape index (κ2) is 4.49.